The van der Waals surface area contributed by atoms with Crippen LogP contribution in [0.4, 0.5) is 4.39 Å². The number of methoxy groups -OCH3 is 1. The summed E-state index contributed by atoms with van der Waals surface area (Å²) in [4.78, 5) is 37.3. The van der Waals surface area contributed by atoms with Crippen LogP contribution in [-0.2, 0) is 25.7 Å². The van der Waals surface area contributed by atoms with E-state index in [1.54, 1.807) is 6.07 Å². The van der Waals surface area contributed by atoms with Crippen LogP contribution in [0.2, 0.25) is 0 Å². The average molecular weight is 453 g/mol. The van der Waals surface area contributed by atoms with Crippen molar-refractivity contribution in [2.75, 3.05) is 12.9 Å². The Balaban J connectivity index is 1.84. The van der Waals surface area contributed by atoms with Crippen LogP contribution in [0.5, 0.6) is 0 Å². The van der Waals surface area contributed by atoms with Crippen LogP contribution in [0.1, 0.15) is 17.0 Å². The third kappa shape index (κ3) is 5.15. The molecule has 0 bridgehead atoms. The van der Waals surface area contributed by atoms with Gasteiger partial charge in [-0.2, -0.15) is 5.26 Å². The Hall–Kier alpha value is -3.64. The number of nitrogens with one attached hydrogen (secondary N) is 2. The molecule has 0 radical (unpaired) electrons. The first-order valence-corrected chi connectivity index (χ1v) is 10.7. The predicted octanol–water partition coefficient (Wildman–Crippen LogP) is 2.61. The first-order chi connectivity index (χ1) is 15.5. The van der Waals surface area contributed by atoms with Crippen LogP contribution in [-0.4, -0.2) is 30.6 Å². The Kier molecular flexibility index (Phi) is 7.63. The summed E-state index contributed by atoms with van der Waals surface area (Å²) in [6, 6.07) is 16.9. The number of ether oxygens (including phenoxy) is 1. The van der Waals surface area contributed by atoms with E-state index in [0.717, 1.165) is 24.4 Å². The van der Waals surface area contributed by atoms with Crippen molar-refractivity contribution in [1.29, 1.82) is 5.26 Å². The number of benzene rings is 2. The van der Waals surface area contributed by atoms with E-state index in [2.05, 4.69) is 10.6 Å². The second kappa shape index (κ2) is 10.6. The standard InChI is InChI=1S/C23H20FN3O4S/c1-31-23(30)20-19(15-9-5-6-10-17(15)24)16(11-25)22(27-21(20)29)32-13-18(28)26-12-14-7-3-2-4-8-14/h2-10,19-20H,12-13H2,1H3,(H,26,28)(H,27,29)/t19-,20+/m1/s1. The van der Waals surface area contributed by atoms with Crippen LogP contribution >= 0.6 is 11.8 Å². The van der Waals surface area contributed by atoms with E-state index in [1.807, 2.05) is 36.4 Å². The van der Waals surface area contributed by atoms with Gasteiger partial charge in [-0.1, -0.05) is 60.3 Å². The van der Waals surface area contributed by atoms with Crippen LogP contribution < -0.4 is 10.6 Å². The number of amides is 2. The number of nitrogens with zero attached hydrogens (tertiary/aromatic N) is 1. The van der Waals surface area contributed by atoms with Crippen molar-refractivity contribution in [2.24, 2.45) is 5.92 Å². The second-order valence-electron chi connectivity index (χ2n) is 6.89. The minimum atomic E-state index is -1.43. The fourth-order valence-electron chi connectivity index (χ4n) is 3.37. The van der Waals surface area contributed by atoms with E-state index in [1.165, 1.54) is 18.2 Å². The normalized spacial score (nSPS) is 17.8. The number of allylic oxidation sites excluding steroid dienone is 1. The molecule has 0 fully saturated rings. The molecule has 7 nitrogen and oxygen atoms in total. The van der Waals surface area contributed by atoms with Gasteiger partial charge in [0, 0.05) is 12.5 Å². The average Bonchev–Trinajstić information content (AvgIpc) is 2.81. The van der Waals surface area contributed by atoms with Gasteiger partial charge in [0.25, 0.3) is 0 Å². The Morgan fingerprint density at radius 1 is 1.19 bits per heavy atom. The van der Waals surface area contributed by atoms with Gasteiger partial charge in [0.05, 0.1) is 29.5 Å². The first kappa shape index (κ1) is 23.0. The Morgan fingerprint density at radius 2 is 1.88 bits per heavy atom. The highest BCUT2D eigenvalue weighted by Gasteiger charge is 2.45. The van der Waals surface area contributed by atoms with Crippen LogP contribution in [0.25, 0.3) is 0 Å². The lowest BCUT2D eigenvalue weighted by Gasteiger charge is -2.31. The molecular formula is C23H20FN3O4S. The molecular weight excluding hydrogens is 433 g/mol. The summed E-state index contributed by atoms with van der Waals surface area (Å²) in [5, 5.41) is 15.2. The van der Waals surface area contributed by atoms with Gasteiger partial charge in [0.1, 0.15) is 11.7 Å². The molecule has 164 valence electrons. The minimum Gasteiger partial charge on any atom is -0.468 e. The third-order valence-corrected chi connectivity index (χ3v) is 5.92. The number of halogens is 1. The third-order valence-electron chi connectivity index (χ3n) is 4.90. The molecule has 1 aliphatic heterocycles. The highest BCUT2D eigenvalue weighted by atomic mass is 32.2. The lowest BCUT2D eigenvalue weighted by Crippen LogP contribution is -2.44. The quantitative estimate of drug-likeness (QED) is 0.493. The molecule has 2 aromatic rings. The van der Waals surface area contributed by atoms with E-state index in [9.17, 15) is 24.0 Å². The van der Waals surface area contributed by atoms with Gasteiger partial charge < -0.3 is 15.4 Å². The van der Waals surface area contributed by atoms with Crippen molar-refractivity contribution in [3.63, 3.8) is 0 Å². The largest absolute Gasteiger partial charge is 0.468 e. The number of hydrogen-bond donors (Lipinski definition) is 2. The fourth-order valence-corrected chi connectivity index (χ4v) is 4.25. The number of nitriles is 1. The van der Waals surface area contributed by atoms with Crippen molar-refractivity contribution in [3.05, 3.63) is 82.1 Å². The maximum Gasteiger partial charge on any atom is 0.319 e. The van der Waals surface area contributed by atoms with Gasteiger partial charge in [-0.3, -0.25) is 14.4 Å². The molecule has 2 aromatic carbocycles. The fraction of sp³-hybridized carbons (Fsp3) is 0.217. The van der Waals surface area contributed by atoms with Gasteiger partial charge in [0.15, 0.2) is 0 Å². The maximum absolute atomic E-state index is 14.6. The smallest absolute Gasteiger partial charge is 0.319 e. The van der Waals surface area contributed by atoms with E-state index >= 15 is 0 Å². The van der Waals surface area contributed by atoms with E-state index in [4.69, 9.17) is 4.74 Å². The minimum absolute atomic E-state index is 0.00837. The van der Waals surface area contributed by atoms with Gasteiger partial charge >= 0.3 is 5.97 Å². The van der Waals surface area contributed by atoms with E-state index in [-0.39, 0.29) is 27.8 Å². The number of hydrogen-bond acceptors (Lipinski definition) is 6. The van der Waals surface area contributed by atoms with Gasteiger partial charge in [-0.05, 0) is 17.2 Å². The topological polar surface area (TPSA) is 108 Å². The summed E-state index contributed by atoms with van der Waals surface area (Å²) in [5.41, 5.74) is 0.946. The van der Waals surface area contributed by atoms with Crippen LogP contribution in [0.3, 0.4) is 0 Å². The van der Waals surface area contributed by atoms with Crippen molar-refractivity contribution >= 4 is 29.5 Å². The molecule has 2 atom stereocenters. The highest BCUT2D eigenvalue weighted by Crippen LogP contribution is 2.40. The van der Waals surface area contributed by atoms with Crippen molar-refractivity contribution in [1.82, 2.24) is 10.6 Å². The molecule has 1 aliphatic rings. The molecule has 0 aliphatic carbocycles. The SMILES string of the molecule is COC(=O)[C@@H]1C(=O)NC(SCC(=O)NCc2ccccc2)=C(C#N)[C@H]1c1ccccc1F. The van der Waals surface area contributed by atoms with Gasteiger partial charge in [-0.15, -0.1) is 0 Å². The Morgan fingerprint density at radius 3 is 2.53 bits per heavy atom. The molecule has 2 amide bonds. The number of thioether (sulfide) groups is 1. The summed E-state index contributed by atoms with van der Waals surface area (Å²) < 4.78 is 19.3. The molecule has 2 N–H and O–H groups in total. The highest BCUT2D eigenvalue weighted by molar-refractivity contribution is 8.03. The van der Waals surface area contributed by atoms with Gasteiger partial charge in [0.2, 0.25) is 11.8 Å². The summed E-state index contributed by atoms with van der Waals surface area (Å²) >= 11 is 0.941. The zero-order valence-corrected chi connectivity index (χ0v) is 17.9. The maximum atomic E-state index is 14.6. The van der Waals surface area contributed by atoms with Crippen LogP contribution in [0.15, 0.2) is 65.2 Å². The molecule has 1 heterocycles. The zero-order valence-electron chi connectivity index (χ0n) is 17.1. The monoisotopic (exact) mass is 453 g/mol. The molecule has 0 saturated carbocycles. The summed E-state index contributed by atoms with van der Waals surface area (Å²) in [5.74, 6) is -5.25. The molecule has 0 spiro atoms. The summed E-state index contributed by atoms with van der Waals surface area (Å²) in [6.45, 7) is 0.332. The predicted molar refractivity (Wildman–Crippen MR) is 116 cm³/mol. The summed E-state index contributed by atoms with van der Waals surface area (Å²) in [6.07, 6.45) is 0. The van der Waals surface area contributed by atoms with E-state index < -0.39 is 29.5 Å². The molecule has 0 saturated heterocycles. The number of rotatable bonds is 7. The first-order valence-electron chi connectivity index (χ1n) is 9.67. The Labute approximate surface area is 188 Å². The number of carbonyl (C=O) groups is 3. The number of carbonyl (C=O) groups excluding carboxylic acids is 3. The lowest BCUT2D eigenvalue weighted by molar-refractivity contribution is -0.150. The number of esters is 1. The zero-order chi connectivity index (χ0) is 23.1. The van der Waals surface area contributed by atoms with E-state index in [0.29, 0.717) is 6.54 Å². The second-order valence-corrected chi connectivity index (χ2v) is 7.88. The van der Waals surface area contributed by atoms with Crippen molar-refractivity contribution in [3.8, 4) is 6.07 Å². The molecule has 32 heavy (non-hydrogen) atoms. The van der Waals surface area contributed by atoms with Crippen molar-refractivity contribution < 1.29 is 23.5 Å². The summed E-state index contributed by atoms with van der Waals surface area (Å²) in [7, 11) is 1.12. The molecule has 9 heteroatoms. The lowest BCUT2D eigenvalue weighted by atomic mass is 9.78. The molecule has 0 aromatic heterocycles. The van der Waals surface area contributed by atoms with Gasteiger partial charge in [-0.25, -0.2) is 4.39 Å². The molecule has 0 unspecified atom stereocenters. The van der Waals surface area contributed by atoms with Crippen molar-refractivity contribution in [2.45, 2.75) is 12.5 Å². The molecule has 3 rings (SSSR count). The van der Waals surface area contributed by atoms with Crippen LogP contribution in [0, 0.1) is 23.1 Å². The Bertz CT molecular complexity index is 1100.